The van der Waals surface area contributed by atoms with Crippen molar-refractivity contribution < 1.29 is 13.5 Å². The first-order chi connectivity index (χ1) is 10.8. The Morgan fingerprint density at radius 2 is 2.04 bits per heavy atom. The Bertz CT molecular complexity index is 651. The molecule has 4 nitrogen and oxygen atoms in total. The molecule has 0 fully saturated rings. The molecule has 0 saturated carbocycles. The first-order valence-electron chi connectivity index (χ1n) is 6.93. The zero-order chi connectivity index (χ0) is 17.4. The molecule has 0 atom stereocenters. The summed E-state index contributed by atoms with van der Waals surface area (Å²) < 4.78 is 31.5. The minimum atomic E-state index is -0.752. The molecule has 0 unspecified atom stereocenters. The van der Waals surface area contributed by atoms with Gasteiger partial charge < -0.3 is 15.4 Å². The second-order valence-corrected chi connectivity index (χ2v) is 4.88. The third kappa shape index (κ3) is 6.34. The monoisotopic (exact) mass is 321 g/mol. The van der Waals surface area contributed by atoms with Crippen LogP contribution in [0.5, 0.6) is 0 Å². The molecule has 1 rings (SSSR count). The average Bonchev–Trinajstić information content (AvgIpc) is 2.46. The smallest absolute Gasteiger partial charge is 0.151 e. The van der Waals surface area contributed by atoms with E-state index in [1.807, 2.05) is 20.0 Å². The molecule has 0 aliphatic carbocycles. The van der Waals surface area contributed by atoms with Crippen LogP contribution >= 0.6 is 0 Å². The van der Waals surface area contributed by atoms with Crippen molar-refractivity contribution in [2.75, 3.05) is 7.05 Å². The van der Waals surface area contributed by atoms with Crippen LogP contribution < -0.4 is 10.6 Å². The lowest BCUT2D eigenvalue weighted by Gasteiger charge is -2.12. The van der Waals surface area contributed by atoms with Crippen LogP contribution in [-0.4, -0.2) is 12.0 Å². The lowest BCUT2D eigenvalue weighted by molar-refractivity contribution is 0.204. The molecule has 0 aromatic carbocycles. The fourth-order valence-corrected chi connectivity index (χ4v) is 1.67. The average molecular weight is 321 g/mol. The van der Waals surface area contributed by atoms with Crippen LogP contribution in [-0.2, 0) is 11.3 Å². The van der Waals surface area contributed by atoms with Crippen molar-refractivity contribution in [2.45, 2.75) is 20.5 Å². The van der Waals surface area contributed by atoms with Crippen molar-refractivity contribution in [1.82, 2.24) is 15.6 Å². The van der Waals surface area contributed by atoms with Crippen LogP contribution in [0.4, 0.5) is 8.78 Å². The Hall–Kier alpha value is -2.63. The summed E-state index contributed by atoms with van der Waals surface area (Å²) in [6.45, 7) is 11.2. The molecule has 124 valence electrons. The quantitative estimate of drug-likeness (QED) is 0.568. The summed E-state index contributed by atoms with van der Waals surface area (Å²) in [7, 11) is 1.80. The number of nitrogens with zero attached hydrogens (tertiary/aromatic N) is 1. The second-order valence-electron chi connectivity index (χ2n) is 4.88. The predicted octanol–water partition coefficient (Wildman–Crippen LogP) is 3.52. The van der Waals surface area contributed by atoms with Crippen molar-refractivity contribution >= 4 is 0 Å². The zero-order valence-corrected chi connectivity index (χ0v) is 13.5. The zero-order valence-electron chi connectivity index (χ0n) is 13.5. The van der Waals surface area contributed by atoms with E-state index < -0.39 is 11.6 Å². The highest BCUT2D eigenvalue weighted by Gasteiger charge is 2.06. The topological polar surface area (TPSA) is 46.2 Å². The molecule has 0 saturated heterocycles. The highest BCUT2D eigenvalue weighted by atomic mass is 19.1. The maximum Gasteiger partial charge on any atom is 0.151 e. The lowest BCUT2D eigenvalue weighted by atomic mass is 10.2. The van der Waals surface area contributed by atoms with E-state index in [4.69, 9.17) is 4.74 Å². The van der Waals surface area contributed by atoms with Gasteiger partial charge in [0.05, 0.1) is 6.20 Å². The molecular formula is C17H21F2N3O. The van der Waals surface area contributed by atoms with E-state index in [0.717, 1.165) is 29.2 Å². The minimum absolute atomic E-state index is 0.0174. The van der Waals surface area contributed by atoms with Crippen LogP contribution in [0.2, 0.25) is 0 Å². The number of halogens is 2. The van der Waals surface area contributed by atoms with Gasteiger partial charge in [-0.15, -0.1) is 0 Å². The molecule has 0 amide bonds. The Morgan fingerprint density at radius 3 is 2.65 bits per heavy atom. The Morgan fingerprint density at radius 1 is 1.35 bits per heavy atom. The van der Waals surface area contributed by atoms with Crippen molar-refractivity contribution in [3.05, 3.63) is 77.8 Å². The molecule has 23 heavy (non-hydrogen) atoms. The fraction of sp³-hybridized carbons (Fsp3) is 0.235. The molecule has 0 aliphatic heterocycles. The summed E-state index contributed by atoms with van der Waals surface area (Å²) in [5.74, 6) is -1.16. The standard InChI is InChI=1S/C17H21F2N3O/c1-11(8-20-5)14(4)22-12(2)6-13(3)23-10-17-16(19)7-15(18)9-21-17/h6-9,20,22H,3-4,10H2,1-2,5H3/b11-8-,12-6-. The van der Waals surface area contributed by atoms with E-state index in [0.29, 0.717) is 5.76 Å². The third-order valence-electron chi connectivity index (χ3n) is 2.84. The van der Waals surface area contributed by atoms with E-state index in [-0.39, 0.29) is 12.3 Å². The summed E-state index contributed by atoms with van der Waals surface area (Å²) >= 11 is 0. The summed E-state index contributed by atoms with van der Waals surface area (Å²) in [5.41, 5.74) is 2.46. The number of rotatable bonds is 8. The fourth-order valence-electron chi connectivity index (χ4n) is 1.67. The number of allylic oxidation sites excluding steroid dienone is 3. The van der Waals surface area contributed by atoms with Crippen molar-refractivity contribution in [1.29, 1.82) is 0 Å². The highest BCUT2D eigenvalue weighted by molar-refractivity contribution is 5.28. The van der Waals surface area contributed by atoms with Crippen molar-refractivity contribution in [3.63, 3.8) is 0 Å². The van der Waals surface area contributed by atoms with Gasteiger partial charge >= 0.3 is 0 Å². The van der Waals surface area contributed by atoms with E-state index in [9.17, 15) is 8.78 Å². The van der Waals surface area contributed by atoms with Crippen LogP contribution in [0.3, 0.4) is 0 Å². The summed E-state index contributed by atoms with van der Waals surface area (Å²) in [6.07, 6.45) is 4.41. The third-order valence-corrected chi connectivity index (χ3v) is 2.84. The predicted molar refractivity (Wildman–Crippen MR) is 86.9 cm³/mol. The molecule has 1 aromatic heterocycles. The van der Waals surface area contributed by atoms with Gasteiger partial charge in [-0.2, -0.15) is 0 Å². The van der Waals surface area contributed by atoms with Crippen LogP contribution in [0.25, 0.3) is 0 Å². The maximum atomic E-state index is 13.4. The van der Waals surface area contributed by atoms with E-state index in [1.54, 1.807) is 13.1 Å². The molecule has 6 heteroatoms. The van der Waals surface area contributed by atoms with Crippen LogP contribution in [0.15, 0.2) is 60.4 Å². The number of hydrogen-bond donors (Lipinski definition) is 2. The van der Waals surface area contributed by atoms with Crippen molar-refractivity contribution in [3.8, 4) is 0 Å². The second kappa shape index (κ2) is 8.73. The highest BCUT2D eigenvalue weighted by Crippen LogP contribution is 2.11. The first kappa shape index (κ1) is 18.4. The number of hydrogen-bond acceptors (Lipinski definition) is 4. The number of ether oxygens (including phenoxy) is 1. The van der Waals surface area contributed by atoms with Crippen LogP contribution in [0.1, 0.15) is 19.5 Å². The van der Waals surface area contributed by atoms with Gasteiger partial charge in [0.15, 0.2) is 5.82 Å². The summed E-state index contributed by atoms with van der Waals surface area (Å²) in [5, 5.41) is 6.01. The molecule has 0 bridgehead atoms. The van der Waals surface area contributed by atoms with Gasteiger partial charge in [0.1, 0.15) is 23.9 Å². The molecule has 0 aliphatic rings. The first-order valence-corrected chi connectivity index (χ1v) is 6.93. The molecule has 0 radical (unpaired) electrons. The van der Waals surface area contributed by atoms with Gasteiger partial charge in [0.25, 0.3) is 0 Å². The van der Waals surface area contributed by atoms with Crippen molar-refractivity contribution in [2.24, 2.45) is 0 Å². The maximum absolute atomic E-state index is 13.4. The van der Waals surface area contributed by atoms with Gasteiger partial charge in [0, 0.05) is 30.7 Å². The van der Waals surface area contributed by atoms with Gasteiger partial charge in [0.2, 0.25) is 0 Å². The molecule has 1 aromatic rings. The van der Waals surface area contributed by atoms with Gasteiger partial charge in [-0.3, -0.25) is 4.98 Å². The minimum Gasteiger partial charge on any atom is -0.488 e. The summed E-state index contributed by atoms with van der Waals surface area (Å²) in [6, 6.07) is 0.762. The Kier molecular flexibility index (Phi) is 6.99. The largest absolute Gasteiger partial charge is 0.488 e. The normalized spacial score (nSPS) is 11.9. The van der Waals surface area contributed by atoms with Gasteiger partial charge in [-0.05, 0) is 25.5 Å². The van der Waals surface area contributed by atoms with Gasteiger partial charge in [-0.1, -0.05) is 13.2 Å². The van der Waals surface area contributed by atoms with E-state index in [1.165, 1.54) is 0 Å². The molecule has 1 heterocycles. The molecular weight excluding hydrogens is 300 g/mol. The lowest BCUT2D eigenvalue weighted by Crippen LogP contribution is -2.12. The Balaban J connectivity index is 2.57. The summed E-state index contributed by atoms with van der Waals surface area (Å²) in [4.78, 5) is 3.64. The molecule has 2 N–H and O–H groups in total. The number of aromatic nitrogens is 1. The SMILES string of the molecule is C=C(/C=C(/C)NC(=C)/C(C)=C\NC)OCc1ncc(F)cc1F. The van der Waals surface area contributed by atoms with E-state index >= 15 is 0 Å². The number of nitrogens with one attached hydrogen (secondary N) is 2. The van der Waals surface area contributed by atoms with E-state index in [2.05, 4.69) is 28.8 Å². The Labute approximate surface area is 135 Å². The molecule has 0 spiro atoms. The van der Waals surface area contributed by atoms with Crippen LogP contribution in [0, 0.1) is 11.6 Å². The van der Waals surface area contributed by atoms with Gasteiger partial charge in [-0.25, -0.2) is 8.78 Å². The number of pyridine rings is 1.